The van der Waals surface area contributed by atoms with E-state index in [-0.39, 0.29) is 35.8 Å². The first kappa shape index (κ1) is 25.2. The molecule has 1 spiro atoms. The van der Waals surface area contributed by atoms with Crippen LogP contribution in [0.15, 0.2) is 12.7 Å². The molecule has 180 valence electrons. The standard InChI is InChI=1S/C23H35BrN2O6/c1-7-8-26(22(5,6)12-21(2,3)4)19(29)17-23-11-13(24)16(32-23)14(20(30)31)15(23)18(28)25(17)9-10-27/h7,13-17,27H,1,8-12H2,2-6H3,(H,30,31)/t13?,14-,15+,16-,17-,23+/m1/s1. The van der Waals surface area contributed by atoms with Gasteiger partial charge in [-0.15, -0.1) is 6.58 Å². The fourth-order valence-corrected chi connectivity index (χ4v) is 7.29. The predicted octanol–water partition coefficient (Wildman–Crippen LogP) is 2.04. The Morgan fingerprint density at radius 2 is 1.97 bits per heavy atom. The van der Waals surface area contributed by atoms with Crippen LogP contribution in [0.2, 0.25) is 0 Å². The second-order valence-electron chi connectivity index (χ2n) is 11.0. The number of halogens is 1. The first-order chi connectivity index (χ1) is 14.7. The zero-order valence-corrected chi connectivity index (χ0v) is 21.1. The summed E-state index contributed by atoms with van der Waals surface area (Å²) in [6, 6.07) is -0.999. The summed E-state index contributed by atoms with van der Waals surface area (Å²) in [6.45, 7) is 14.0. The highest BCUT2D eigenvalue weighted by molar-refractivity contribution is 9.09. The van der Waals surface area contributed by atoms with E-state index in [1.165, 1.54) is 4.90 Å². The Labute approximate surface area is 198 Å². The number of aliphatic carboxylic acids is 1. The minimum atomic E-state index is -1.23. The summed E-state index contributed by atoms with van der Waals surface area (Å²) < 4.78 is 6.25. The summed E-state index contributed by atoms with van der Waals surface area (Å²) in [5.41, 5.74) is -1.84. The average molecular weight is 515 g/mol. The van der Waals surface area contributed by atoms with Gasteiger partial charge in [-0.3, -0.25) is 14.4 Å². The van der Waals surface area contributed by atoms with Crippen molar-refractivity contribution in [2.75, 3.05) is 19.7 Å². The van der Waals surface area contributed by atoms with Gasteiger partial charge in [-0.05, 0) is 32.1 Å². The summed E-state index contributed by atoms with van der Waals surface area (Å²) in [5, 5.41) is 19.5. The molecule has 0 radical (unpaired) electrons. The molecule has 2 N–H and O–H groups in total. The van der Waals surface area contributed by atoms with E-state index >= 15 is 0 Å². The van der Waals surface area contributed by atoms with Gasteiger partial charge in [0.05, 0.1) is 24.5 Å². The fourth-order valence-electron chi connectivity index (χ4n) is 6.34. The van der Waals surface area contributed by atoms with Crippen LogP contribution < -0.4 is 0 Å². The molecule has 1 unspecified atom stereocenters. The van der Waals surface area contributed by atoms with Crippen molar-refractivity contribution >= 4 is 33.7 Å². The van der Waals surface area contributed by atoms with Crippen LogP contribution in [-0.2, 0) is 19.1 Å². The van der Waals surface area contributed by atoms with Gasteiger partial charge in [-0.2, -0.15) is 0 Å². The number of rotatable bonds is 8. The van der Waals surface area contributed by atoms with Gasteiger partial charge in [0.15, 0.2) is 0 Å². The number of aliphatic hydroxyl groups excluding tert-OH is 1. The Balaban J connectivity index is 2.08. The molecule has 0 aliphatic carbocycles. The summed E-state index contributed by atoms with van der Waals surface area (Å²) in [6.07, 6.45) is 2.05. The van der Waals surface area contributed by atoms with Crippen molar-refractivity contribution in [2.45, 2.75) is 75.6 Å². The van der Waals surface area contributed by atoms with Crippen LogP contribution >= 0.6 is 15.9 Å². The Bertz CT molecular complexity index is 809. The van der Waals surface area contributed by atoms with Crippen LogP contribution in [-0.4, -0.2) is 85.6 Å². The van der Waals surface area contributed by atoms with Gasteiger partial charge in [0, 0.05) is 23.5 Å². The minimum absolute atomic E-state index is 0.0531. The number of fused-ring (bicyclic) bond motifs is 1. The molecule has 0 saturated carbocycles. The first-order valence-electron chi connectivity index (χ1n) is 11.1. The number of hydrogen-bond acceptors (Lipinski definition) is 5. The Morgan fingerprint density at radius 3 is 2.47 bits per heavy atom. The number of aliphatic hydroxyl groups is 1. The molecule has 0 aromatic carbocycles. The molecule has 3 aliphatic heterocycles. The van der Waals surface area contributed by atoms with E-state index in [1.807, 2.05) is 13.8 Å². The van der Waals surface area contributed by atoms with Crippen LogP contribution in [0.3, 0.4) is 0 Å². The van der Waals surface area contributed by atoms with Crippen LogP contribution in [0.4, 0.5) is 0 Å². The number of carboxylic acid groups (broad SMARTS) is 1. The average Bonchev–Trinajstić information content (AvgIpc) is 3.21. The smallest absolute Gasteiger partial charge is 0.310 e. The lowest BCUT2D eigenvalue weighted by atomic mass is 9.70. The molecule has 8 nitrogen and oxygen atoms in total. The number of carbonyl (C=O) groups excluding carboxylic acids is 2. The van der Waals surface area contributed by atoms with Crippen molar-refractivity contribution < 1.29 is 29.3 Å². The SMILES string of the molecule is C=CCN(C(=O)[C@H]1N(CCO)C(=O)[C@@H]2[C@@H](C(=O)O)[C@@H]3O[C@@]21CC3Br)C(C)(C)CC(C)(C)C. The maximum Gasteiger partial charge on any atom is 0.310 e. The molecule has 3 aliphatic rings. The number of β-amino-alcohol motifs (C(OH)–C–C–N with tert-alkyl or cyclic N) is 1. The molecule has 0 aromatic rings. The number of alkyl halides is 1. The third-order valence-corrected chi connectivity index (χ3v) is 7.77. The van der Waals surface area contributed by atoms with Gasteiger partial charge in [0.1, 0.15) is 11.6 Å². The third kappa shape index (κ3) is 3.90. The van der Waals surface area contributed by atoms with Gasteiger partial charge < -0.3 is 24.7 Å². The van der Waals surface area contributed by atoms with E-state index in [0.29, 0.717) is 12.8 Å². The highest BCUT2D eigenvalue weighted by Crippen LogP contribution is 2.60. The Hall–Kier alpha value is -1.45. The lowest BCUT2D eigenvalue weighted by molar-refractivity contribution is -0.153. The molecular weight excluding hydrogens is 480 g/mol. The zero-order valence-electron chi connectivity index (χ0n) is 19.5. The maximum absolute atomic E-state index is 14.2. The van der Waals surface area contributed by atoms with Gasteiger partial charge in [-0.25, -0.2) is 0 Å². The van der Waals surface area contributed by atoms with Crippen molar-refractivity contribution in [3.63, 3.8) is 0 Å². The molecule has 2 amide bonds. The highest BCUT2D eigenvalue weighted by Gasteiger charge is 2.77. The van der Waals surface area contributed by atoms with E-state index < -0.39 is 47.0 Å². The second kappa shape index (κ2) is 8.40. The molecule has 3 fully saturated rings. The number of carboxylic acids is 1. The van der Waals surface area contributed by atoms with Crippen molar-refractivity contribution in [1.29, 1.82) is 0 Å². The van der Waals surface area contributed by atoms with Crippen LogP contribution in [0.5, 0.6) is 0 Å². The minimum Gasteiger partial charge on any atom is -0.481 e. The Morgan fingerprint density at radius 1 is 1.34 bits per heavy atom. The summed E-state index contributed by atoms with van der Waals surface area (Å²) >= 11 is 3.53. The van der Waals surface area contributed by atoms with Gasteiger partial charge in [0.25, 0.3) is 0 Å². The molecule has 3 heterocycles. The van der Waals surface area contributed by atoms with Gasteiger partial charge in [0.2, 0.25) is 11.8 Å². The number of ether oxygens (including phenoxy) is 1. The Kier molecular flexibility index (Phi) is 6.61. The van der Waals surface area contributed by atoms with Crippen LogP contribution in [0.25, 0.3) is 0 Å². The first-order valence-corrected chi connectivity index (χ1v) is 12.0. The van der Waals surface area contributed by atoms with Crippen molar-refractivity contribution in [2.24, 2.45) is 17.3 Å². The fraction of sp³-hybridized carbons (Fsp3) is 0.783. The van der Waals surface area contributed by atoms with E-state index in [0.717, 1.165) is 0 Å². The zero-order chi connectivity index (χ0) is 24.2. The predicted molar refractivity (Wildman–Crippen MR) is 122 cm³/mol. The van der Waals surface area contributed by atoms with Crippen LogP contribution in [0.1, 0.15) is 47.5 Å². The quantitative estimate of drug-likeness (QED) is 0.379. The van der Waals surface area contributed by atoms with Crippen LogP contribution in [0, 0.1) is 17.3 Å². The molecule has 32 heavy (non-hydrogen) atoms. The monoisotopic (exact) mass is 514 g/mol. The lowest BCUT2D eigenvalue weighted by Gasteiger charge is -2.45. The summed E-state index contributed by atoms with van der Waals surface area (Å²) in [4.78, 5) is 42.5. The van der Waals surface area contributed by atoms with E-state index in [1.54, 1.807) is 11.0 Å². The number of nitrogens with zero attached hydrogens (tertiary/aromatic N) is 2. The molecule has 3 rings (SSSR count). The molecule has 9 heteroatoms. The van der Waals surface area contributed by atoms with E-state index in [4.69, 9.17) is 4.74 Å². The summed E-state index contributed by atoms with van der Waals surface area (Å²) in [7, 11) is 0. The molecular formula is C23H35BrN2O6. The third-order valence-electron chi connectivity index (χ3n) is 6.92. The maximum atomic E-state index is 14.2. The van der Waals surface area contributed by atoms with Crippen molar-refractivity contribution in [3.8, 4) is 0 Å². The van der Waals surface area contributed by atoms with Crippen molar-refractivity contribution in [1.82, 2.24) is 9.80 Å². The number of hydrogen-bond donors (Lipinski definition) is 2. The number of likely N-dealkylation sites (tertiary alicyclic amines) is 1. The topological polar surface area (TPSA) is 107 Å². The largest absolute Gasteiger partial charge is 0.481 e. The van der Waals surface area contributed by atoms with E-state index in [2.05, 4.69) is 43.3 Å². The van der Waals surface area contributed by atoms with E-state index in [9.17, 15) is 24.6 Å². The molecule has 2 bridgehead atoms. The summed E-state index contributed by atoms with van der Waals surface area (Å²) in [5.74, 6) is -3.81. The number of amides is 2. The lowest BCUT2D eigenvalue weighted by Crippen LogP contribution is -2.61. The normalized spacial score (nSPS) is 34.0. The molecule has 3 saturated heterocycles. The van der Waals surface area contributed by atoms with Gasteiger partial charge >= 0.3 is 5.97 Å². The second-order valence-corrected chi connectivity index (χ2v) is 12.2. The van der Waals surface area contributed by atoms with Gasteiger partial charge in [-0.1, -0.05) is 42.8 Å². The highest BCUT2D eigenvalue weighted by atomic mass is 79.9. The molecule has 6 atom stereocenters. The van der Waals surface area contributed by atoms with Crippen molar-refractivity contribution in [3.05, 3.63) is 12.7 Å². The molecule has 0 aromatic heterocycles. The number of carbonyl (C=O) groups is 3.